The second-order valence-electron chi connectivity index (χ2n) is 5.24. The van der Waals surface area contributed by atoms with Crippen LogP contribution in [0.25, 0.3) is 10.8 Å². The van der Waals surface area contributed by atoms with Crippen LogP contribution in [0.15, 0.2) is 46.2 Å². The third kappa shape index (κ3) is 2.19. The molecule has 3 aromatic rings. The summed E-state index contributed by atoms with van der Waals surface area (Å²) < 4.78 is 5.67. The summed E-state index contributed by atoms with van der Waals surface area (Å²) in [5.41, 5.74) is 1.48. The first-order chi connectivity index (χ1) is 11.1. The third-order valence-electron chi connectivity index (χ3n) is 3.81. The Bertz CT molecular complexity index is 877. The Morgan fingerprint density at radius 2 is 1.78 bits per heavy atom. The topological polar surface area (TPSA) is 63.4 Å². The fraction of sp³-hybridized carbons (Fsp3) is 0.118. The number of amides is 2. The zero-order chi connectivity index (χ0) is 16.0. The number of nitrogens with zero attached hydrogens (tertiary/aromatic N) is 2. The molecule has 0 radical (unpaired) electrons. The number of imide groups is 1. The van der Waals surface area contributed by atoms with E-state index < -0.39 is 0 Å². The molecule has 0 saturated carbocycles. The highest BCUT2D eigenvalue weighted by atomic mass is 32.1. The minimum Gasteiger partial charge on any atom is -0.440 e. The van der Waals surface area contributed by atoms with Gasteiger partial charge in [-0.25, -0.2) is 4.98 Å². The lowest BCUT2D eigenvalue weighted by atomic mass is 10.1. The van der Waals surface area contributed by atoms with Gasteiger partial charge in [0.15, 0.2) is 0 Å². The molecule has 1 aliphatic heterocycles. The van der Waals surface area contributed by atoms with Crippen LogP contribution in [0.1, 0.15) is 32.2 Å². The van der Waals surface area contributed by atoms with Crippen molar-refractivity contribution in [2.45, 2.75) is 13.5 Å². The lowest BCUT2D eigenvalue weighted by Crippen LogP contribution is -2.29. The number of hydrogen-bond donors (Lipinski definition) is 0. The van der Waals surface area contributed by atoms with Gasteiger partial charge >= 0.3 is 0 Å². The summed E-state index contributed by atoms with van der Waals surface area (Å²) in [5.74, 6) is 0.561. The van der Waals surface area contributed by atoms with E-state index in [0.717, 1.165) is 4.88 Å². The molecule has 0 unspecified atom stereocenters. The van der Waals surface area contributed by atoms with Crippen LogP contribution in [-0.2, 0) is 6.54 Å². The van der Waals surface area contributed by atoms with Crippen molar-refractivity contribution in [3.63, 3.8) is 0 Å². The molecule has 0 atom stereocenters. The van der Waals surface area contributed by atoms with Gasteiger partial charge in [-0.15, -0.1) is 11.3 Å². The number of fused-ring (bicyclic) bond motifs is 1. The highest BCUT2D eigenvalue weighted by Gasteiger charge is 2.36. The van der Waals surface area contributed by atoms with Crippen LogP contribution in [-0.4, -0.2) is 21.7 Å². The standard InChI is InChI=1S/C17H12N2O3S/c1-10-13(18-15(22-10)14-7-4-8-23-14)9-19-16(20)11-5-2-3-6-12(11)17(19)21/h2-8H,9H2,1H3. The number of aryl methyl sites for hydroxylation is 1. The maximum absolute atomic E-state index is 12.4. The first-order valence-electron chi connectivity index (χ1n) is 7.10. The second-order valence-corrected chi connectivity index (χ2v) is 6.19. The molecule has 4 rings (SSSR count). The largest absolute Gasteiger partial charge is 0.440 e. The number of rotatable bonds is 3. The number of carbonyl (C=O) groups is 2. The van der Waals surface area contributed by atoms with Crippen molar-refractivity contribution in [3.05, 3.63) is 64.4 Å². The maximum atomic E-state index is 12.4. The summed E-state index contributed by atoms with van der Waals surface area (Å²) >= 11 is 1.53. The van der Waals surface area contributed by atoms with Crippen molar-refractivity contribution in [3.8, 4) is 10.8 Å². The Morgan fingerprint density at radius 3 is 2.39 bits per heavy atom. The highest BCUT2D eigenvalue weighted by molar-refractivity contribution is 7.13. The smallest absolute Gasteiger partial charge is 0.261 e. The van der Waals surface area contributed by atoms with E-state index >= 15 is 0 Å². The van der Waals surface area contributed by atoms with Gasteiger partial charge in [0.1, 0.15) is 11.5 Å². The molecule has 0 saturated heterocycles. The molecule has 114 valence electrons. The Kier molecular flexibility index (Phi) is 3.12. The molecule has 0 fully saturated rings. The fourth-order valence-electron chi connectivity index (χ4n) is 2.61. The molecular formula is C17H12N2O3S. The lowest BCUT2D eigenvalue weighted by Gasteiger charge is -2.11. The van der Waals surface area contributed by atoms with Crippen LogP contribution in [0.4, 0.5) is 0 Å². The van der Waals surface area contributed by atoms with Crippen LogP contribution in [0.2, 0.25) is 0 Å². The third-order valence-corrected chi connectivity index (χ3v) is 4.67. The predicted molar refractivity (Wildman–Crippen MR) is 85.2 cm³/mol. The van der Waals surface area contributed by atoms with Gasteiger partial charge < -0.3 is 4.42 Å². The summed E-state index contributed by atoms with van der Waals surface area (Å²) in [6, 6.07) is 10.7. The van der Waals surface area contributed by atoms with E-state index in [4.69, 9.17) is 4.42 Å². The molecule has 0 spiro atoms. The normalized spacial score (nSPS) is 13.7. The van der Waals surface area contributed by atoms with E-state index in [9.17, 15) is 9.59 Å². The molecular weight excluding hydrogens is 312 g/mol. The van der Waals surface area contributed by atoms with Crippen molar-refractivity contribution >= 4 is 23.2 Å². The van der Waals surface area contributed by atoms with Gasteiger partial charge in [-0.1, -0.05) is 18.2 Å². The number of aromatic nitrogens is 1. The van der Waals surface area contributed by atoms with Crippen molar-refractivity contribution in [2.24, 2.45) is 0 Å². The maximum Gasteiger partial charge on any atom is 0.261 e. The van der Waals surface area contributed by atoms with Gasteiger partial charge in [-0.3, -0.25) is 14.5 Å². The van der Waals surface area contributed by atoms with Crippen molar-refractivity contribution < 1.29 is 14.0 Å². The zero-order valence-corrected chi connectivity index (χ0v) is 13.1. The summed E-state index contributed by atoms with van der Waals surface area (Å²) in [6.45, 7) is 1.91. The summed E-state index contributed by atoms with van der Waals surface area (Å²) in [6.07, 6.45) is 0. The molecule has 1 aliphatic rings. The quantitative estimate of drug-likeness (QED) is 0.692. The fourth-order valence-corrected chi connectivity index (χ4v) is 3.26. The van der Waals surface area contributed by atoms with Gasteiger partial charge in [0.05, 0.1) is 22.5 Å². The van der Waals surface area contributed by atoms with Gasteiger partial charge in [0, 0.05) is 0 Å². The van der Waals surface area contributed by atoms with Crippen molar-refractivity contribution in [2.75, 3.05) is 0 Å². The molecule has 2 aromatic heterocycles. The minimum absolute atomic E-state index is 0.118. The molecule has 3 heterocycles. The van der Waals surface area contributed by atoms with E-state index in [-0.39, 0.29) is 18.4 Å². The number of benzene rings is 1. The average Bonchev–Trinajstić information content (AvgIpc) is 3.25. The van der Waals surface area contributed by atoms with Crippen LogP contribution in [0.3, 0.4) is 0 Å². The van der Waals surface area contributed by atoms with E-state index in [0.29, 0.717) is 28.5 Å². The second kappa shape index (κ2) is 5.17. The van der Waals surface area contributed by atoms with Gasteiger partial charge in [0.25, 0.3) is 11.8 Å². The summed E-state index contributed by atoms with van der Waals surface area (Å²) in [7, 11) is 0. The highest BCUT2D eigenvalue weighted by Crippen LogP contribution is 2.28. The van der Waals surface area contributed by atoms with Gasteiger partial charge in [-0.2, -0.15) is 0 Å². The van der Waals surface area contributed by atoms with E-state index in [1.807, 2.05) is 17.5 Å². The molecule has 0 aliphatic carbocycles. The van der Waals surface area contributed by atoms with E-state index in [1.165, 1.54) is 16.2 Å². The lowest BCUT2D eigenvalue weighted by molar-refractivity contribution is 0.0640. The SMILES string of the molecule is Cc1oc(-c2cccs2)nc1CN1C(=O)c2ccccc2C1=O. The first kappa shape index (κ1) is 13.9. The Balaban J connectivity index is 1.65. The number of hydrogen-bond acceptors (Lipinski definition) is 5. The number of carbonyl (C=O) groups excluding carboxylic acids is 2. The van der Waals surface area contributed by atoms with Crippen LogP contribution < -0.4 is 0 Å². The van der Waals surface area contributed by atoms with Crippen LogP contribution >= 0.6 is 11.3 Å². The van der Waals surface area contributed by atoms with Gasteiger partial charge in [0.2, 0.25) is 5.89 Å². The molecule has 2 amide bonds. The Morgan fingerprint density at radius 1 is 1.09 bits per heavy atom. The minimum atomic E-state index is -0.286. The van der Waals surface area contributed by atoms with Crippen molar-refractivity contribution in [1.82, 2.24) is 9.88 Å². The molecule has 5 nitrogen and oxygen atoms in total. The summed E-state index contributed by atoms with van der Waals surface area (Å²) in [4.78, 5) is 31.4. The monoisotopic (exact) mass is 324 g/mol. The van der Waals surface area contributed by atoms with E-state index in [1.54, 1.807) is 31.2 Å². The average molecular weight is 324 g/mol. The predicted octanol–water partition coefficient (Wildman–Crippen LogP) is 3.51. The van der Waals surface area contributed by atoms with Crippen LogP contribution in [0.5, 0.6) is 0 Å². The van der Waals surface area contributed by atoms with Gasteiger partial charge in [-0.05, 0) is 30.5 Å². The molecule has 1 aromatic carbocycles. The molecule has 23 heavy (non-hydrogen) atoms. The molecule has 0 bridgehead atoms. The molecule has 0 N–H and O–H groups in total. The number of oxazole rings is 1. The van der Waals surface area contributed by atoms with Crippen molar-refractivity contribution in [1.29, 1.82) is 0 Å². The zero-order valence-electron chi connectivity index (χ0n) is 12.3. The summed E-state index contributed by atoms with van der Waals surface area (Å²) in [5, 5.41) is 1.94. The molecule has 6 heteroatoms. The number of thiophene rings is 1. The Hall–Kier alpha value is -2.73. The van der Waals surface area contributed by atoms with Crippen LogP contribution in [0, 0.1) is 6.92 Å². The van der Waals surface area contributed by atoms with E-state index in [2.05, 4.69) is 4.98 Å². The Labute approximate surface area is 136 Å². The first-order valence-corrected chi connectivity index (χ1v) is 7.98.